The zero-order valence-corrected chi connectivity index (χ0v) is 55.8. The number of rotatable bonds is 30. The average molecular weight is 1580 g/mol. The maximum Gasteiger partial charge on any atom is 0.367 e. The predicted octanol–water partition coefficient (Wildman–Crippen LogP) is -21.6. The van der Waals surface area contributed by atoms with Crippen LogP contribution in [0.4, 0.5) is 0 Å². The average Bonchev–Trinajstić information content (AvgIpc) is 0.732. The second kappa shape index (κ2) is 37.3. The zero-order valence-electron chi connectivity index (χ0n) is 55.8. The van der Waals surface area contributed by atoms with Crippen LogP contribution in [0.3, 0.4) is 0 Å². The van der Waals surface area contributed by atoms with Crippen molar-refractivity contribution in [2.45, 2.75) is 282 Å². The van der Waals surface area contributed by atoms with Gasteiger partial charge < -0.3 is 235 Å². The molecule has 0 aromatic carbocycles. The summed E-state index contributed by atoms with van der Waals surface area (Å²) in [6.07, 6.45) is -101. The van der Waals surface area contributed by atoms with Crippen molar-refractivity contribution in [3.8, 4) is 0 Å². The topological polar surface area (TPSA) is 829 Å². The van der Waals surface area contributed by atoms with E-state index < -0.39 is 346 Å². The van der Waals surface area contributed by atoms with E-state index >= 15 is 0 Å². The van der Waals surface area contributed by atoms with E-state index in [0.29, 0.717) is 0 Å². The molecule has 32 N–H and O–H groups in total. The molecule has 0 spiro atoms. The molecule has 8 aliphatic rings. The fourth-order valence-corrected chi connectivity index (χ4v) is 13.3. The smallest absolute Gasteiger partial charge is 0.367 e. The highest BCUT2D eigenvalue weighted by Gasteiger charge is 2.67. The summed E-state index contributed by atoms with van der Waals surface area (Å²) >= 11 is 0. The van der Waals surface area contributed by atoms with Crippen molar-refractivity contribution in [3.05, 3.63) is 0 Å². The van der Waals surface area contributed by atoms with E-state index in [9.17, 15) is 173 Å². The molecular formula is C57H95NO49. The van der Waals surface area contributed by atoms with Gasteiger partial charge in [0.05, 0.1) is 59.0 Å². The number of hydrogen-bond donors (Lipinski definition) is 32. The lowest BCUT2D eigenvalue weighted by molar-refractivity contribution is -0.425. The van der Waals surface area contributed by atoms with Gasteiger partial charge in [-0.1, -0.05) is 0 Å². The number of aliphatic hydroxyl groups is 29. The molecule has 44 atom stereocenters. The number of nitrogens with one attached hydrogen (secondary N) is 1. The first-order valence-corrected chi connectivity index (χ1v) is 33.1. The van der Waals surface area contributed by atoms with Crippen molar-refractivity contribution in [1.82, 2.24) is 5.32 Å². The van der Waals surface area contributed by atoms with Crippen LogP contribution >= 0.6 is 0 Å². The van der Waals surface area contributed by atoms with Gasteiger partial charge >= 0.3 is 11.9 Å². The lowest BCUT2D eigenvalue weighted by Crippen LogP contribution is -2.74. The van der Waals surface area contributed by atoms with Gasteiger partial charge in [-0.2, -0.15) is 0 Å². The third kappa shape index (κ3) is 18.6. The van der Waals surface area contributed by atoms with Crippen LogP contribution in [0.5, 0.6) is 0 Å². The van der Waals surface area contributed by atoms with E-state index in [0.717, 1.165) is 6.92 Å². The highest BCUT2D eigenvalue weighted by molar-refractivity contribution is 5.77. The number of carboxylic acid groups (broad SMARTS) is 2. The molecular weight excluding hydrogens is 1480 g/mol. The van der Waals surface area contributed by atoms with Crippen LogP contribution in [-0.2, 0) is 85.4 Å². The number of aliphatic hydroxyl groups excluding tert-OH is 28. The van der Waals surface area contributed by atoms with Gasteiger partial charge in [-0.05, 0) is 0 Å². The number of aliphatic carboxylic acids is 2. The van der Waals surface area contributed by atoms with Crippen molar-refractivity contribution < 1.29 is 244 Å². The minimum absolute atomic E-state index is 0.883. The fraction of sp³-hybridized carbons (Fsp3) is 0.947. The molecule has 0 aliphatic carbocycles. The van der Waals surface area contributed by atoms with Gasteiger partial charge in [-0.15, -0.1) is 0 Å². The normalized spacial score (nSPS) is 48.7. The molecule has 1 amide bonds. The van der Waals surface area contributed by atoms with E-state index in [1.54, 1.807) is 0 Å². The monoisotopic (exact) mass is 1580 g/mol. The predicted molar refractivity (Wildman–Crippen MR) is 318 cm³/mol. The van der Waals surface area contributed by atoms with E-state index in [-0.39, 0.29) is 0 Å². The molecule has 107 heavy (non-hydrogen) atoms. The summed E-state index contributed by atoms with van der Waals surface area (Å²) in [5, 5.41) is 343. The van der Waals surface area contributed by atoms with Crippen molar-refractivity contribution >= 4 is 17.8 Å². The Labute approximate surface area is 600 Å². The summed E-state index contributed by atoms with van der Waals surface area (Å²) in [5.41, 5.74) is 0. The molecule has 8 heterocycles. The number of amides is 1. The Kier molecular flexibility index (Phi) is 31.1. The number of carboxylic acids is 2. The Morgan fingerprint density at radius 3 is 1.28 bits per heavy atom. The van der Waals surface area contributed by atoms with Gasteiger partial charge in [0.25, 0.3) is 11.6 Å². The van der Waals surface area contributed by atoms with Crippen molar-refractivity contribution in [3.63, 3.8) is 0 Å². The third-order valence-electron chi connectivity index (χ3n) is 19.3. The van der Waals surface area contributed by atoms with Crippen LogP contribution in [0.2, 0.25) is 0 Å². The highest BCUT2D eigenvalue weighted by Crippen LogP contribution is 2.44. The number of ether oxygens (including phenoxy) is 15. The lowest BCUT2D eigenvalue weighted by Gasteiger charge is -2.53. The quantitative estimate of drug-likeness (QED) is 0.0318. The maximum atomic E-state index is 13.4. The molecule has 8 rings (SSSR count). The van der Waals surface area contributed by atoms with Gasteiger partial charge in [0, 0.05) is 13.3 Å². The molecule has 0 bridgehead atoms. The van der Waals surface area contributed by atoms with Crippen molar-refractivity contribution in [2.75, 3.05) is 52.9 Å². The molecule has 50 nitrogen and oxygen atoms in total. The maximum absolute atomic E-state index is 13.4. The first kappa shape index (κ1) is 89.2. The minimum atomic E-state index is -4.15. The van der Waals surface area contributed by atoms with E-state index in [1.165, 1.54) is 0 Å². The SMILES string of the molecule is CC(=O)N[C@H]1[C@H](O[C@@H]2[C@H](O)[C@@H](O[C@@H]3[C@H](O)[C@@H](O[C@H]4[C@@H]([C@H](O)CO)O[C@@](O)(C(=O)O)[C@@H](O)[C@H]4O[C@]4(C(=O)O)C[C@@H](O)[C@@H](O)[C@@H]([C@H](O)CO)O4)O[C@H]([C@@H](O)CO)[C@H]3O[C@@H]3O[C@H](CO)[C@@H](O)C(O)[C@H]3O)O[C@H]([C@@H](O)CO[C@H]3O[C@H]([C@@H](O)CO[C@@H]4O[C@H](CO)[C@H](O)[C@H](O)[C@H]4O)[C@@H](O)[C@H](O)[C@@H]3O)[C@H]2O)O[C@H](CO)[C@@H](O)[C@@H]1O. The van der Waals surface area contributed by atoms with Crippen LogP contribution in [0, 0.1) is 0 Å². The van der Waals surface area contributed by atoms with Crippen molar-refractivity contribution in [1.29, 1.82) is 0 Å². The summed E-state index contributed by atoms with van der Waals surface area (Å²) in [6.45, 7) is -9.28. The summed E-state index contributed by atoms with van der Waals surface area (Å²) in [7, 11) is 0. The lowest BCUT2D eigenvalue weighted by atomic mass is 9.88. The molecule has 8 fully saturated rings. The van der Waals surface area contributed by atoms with Gasteiger partial charge in [-0.3, -0.25) is 4.79 Å². The van der Waals surface area contributed by atoms with Crippen LogP contribution in [0.1, 0.15) is 13.3 Å². The van der Waals surface area contributed by atoms with Crippen LogP contribution in [0.25, 0.3) is 0 Å². The minimum Gasteiger partial charge on any atom is -0.477 e. The molecule has 0 radical (unpaired) electrons. The Morgan fingerprint density at radius 1 is 0.393 bits per heavy atom. The van der Waals surface area contributed by atoms with Gasteiger partial charge in [0.2, 0.25) is 5.91 Å². The molecule has 622 valence electrons. The van der Waals surface area contributed by atoms with Crippen LogP contribution < -0.4 is 5.32 Å². The number of carbonyl (C=O) groups excluding carboxylic acids is 1. The third-order valence-corrected chi connectivity index (χ3v) is 19.3. The van der Waals surface area contributed by atoms with Gasteiger partial charge in [0.15, 0.2) is 37.7 Å². The standard InChI is InChI=1S/C57H95NO49/c1-11(65)58-21-26(76)23(73)18(6-62)95-48(21)101-42-34(84)38(17(71)10-94-50-32(82)29(79)30(80)37(98-50)16(70)9-93-49-31(81)27(77)24(74)19(7-63)96-49)99-52(35(42)85)102-43-36(86)53(100-40(14(68)4-60)44(43)103-51-33(83)28(78)25(75)20(8-64)97-51)104-45-41(15(69)5-61)107-57(92,55(90)91)47(87)46(45)106-56(54(88)89)2-12(66)22(72)39(105-56)13(67)3-59/h12-53,59-64,66-87,92H,2-10H2,1H3,(H,58,65)(H,88,89)(H,90,91)/t12-,13-,14+,15-,16+,17+,18-,19-,20-,21-,22-,23-,24+,25-,26-,27+,28?,29+,30+,31-,32+,33-,34-,35+,36+,37-,38-,39-,40-,41-,42+,43-,44-,45+,46+,47+,48+,49-,50+,51+,52-,53-,56+,57-/m1/s1. The molecule has 0 saturated carbocycles. The van der Waals surface area contributed by atoms with Crippen LogP contribution in [0.15, 0.2) is 0 Å². The zero-order chi connectivity index (χ0) is 79.7. The van der Waals surface area contributed by atoms with Gasteiger partial charge in [-0.25, -0.2) is 9.59 Å². The largest absolute Gasteiger partial charge is 0.477 e. The summed E-state index contributed by atoms with van der Waals surface area (Å²) < 4.78 is 85.2. The Hall–Kier alpha value is -3.35. The highest BCUT2D eigenvalue weighted by atomic mass is 16.8. The number of hydrogen-bond acceptors (Lipinski definition) is 47. The molecule has 0 aromatic rings. The first-order valence-electron chi connectivity index (χ1n) is 33.1. The Balaban J connectivity index is 1.21. The van der Waals surface area contributed by atoms with Gasteiger partial charge in [0.1, 0.15) is 214 Å². The molecule has 0 aromatic heterocycles. The molecule has 50 heteroatoms. The van der Waals surface area contributed by atoms with E-state index in [2.05, 4.69) is 5.32 Å². The first-order chi connectivity index (χ1) is 50.2. The summed E-state index contributed by atoms with van der Waals surface area (Å²) in [5.74, 6) is -13.8. The fourth-order valence-electron chi connectivity index (χ4n) is 13.3. The summed E-state index contributed by atoms with van der Waals surface area (Å²) in [6, 6.07) is -1.97. The van der Waals surface area contributed by atoms with Crippen LogP contribution in [-0.4, -0.2) is 498 Å². The second-order valence-corrected chi connectivity index (χ2v) is 26.6. The molecule has 8 aliphatic heterocycles. The molecule has 1 unspecified atom stereocenters. The Bertz CT molecular complexity index is 2810. The summed E-state index contributed by atoms with van der Waals surface area (Å²) in [4.78, 5) is 38.8. The Morgan fingerprint density at radius 2 is 0.785 bits per heavy atom. The van der Waals surface area contributed by atoms with E-state index in [4.69, 9.17) is 71.1 Å². The number of carbonyl (C=O) groups is 3. The second-order valence-electron chi connectivity index (χ2n) is 26.6. The molecule has 8 saturated heterocycles. The van der Waals surface area contributed by atoms with Crippen molar-refractivity contribution in [2.24, 2.45) is 0 Å². The van der Waals surface area contributed by atoms with E-state index in [1.807, 2.05) is 0 Å².